The summed E-state index contributed by atoms with van der Waals surface area (Å²) in [6, 6.07) is 12.9. The normalized spacial score (nSPS) is 18.7. The van der Waals surface area contributed by atoms with Crippen LogP contribution in [0.25, 0.3) is 0 Å². The van der Waals surface area contributed by atoms with Gasteiger partial charge in [0.1, 0.15) is 11.4 Å². The van der Waals surface area contributed by atoms with Crippen LogP contribution >= 0.6 is 0 Å². The zero-order valence-corrected chi connectivity index (χ0v) is 15.4. The van der Waals surface area contributed by atoms with E-state index in [4.69, 9.17) is 0 Å². The van der Waals surface area contributed by atoms with Crippen LogP contribution < -0.4 is 10.2 Å². The molecule has 0 aliphatic carbocycles. The van der Waals surface area contributed by atoms with Gasteiger partial charge in [-0.2, -0.15) is 0 Å². The van der Waals surface area contributed by atoms with Gasteiger partial charge in [-0.05, 0) is 61.8 Å². The molecule has 0 saturated carbocycles. The van der Waals surface area contributed by atoms with Crippen molar-refractivity contribution in [3.8, 4) is 0 Å². The van der Waals surface area contributed by atoms with E-state index in [-0.39, 0.29) is 23.8 Å². The van der Waals surface area contributed by atoms with Gasteiger partial charge in [0.2, 0.25) is 5.91 Å². The number of carboxylic acids is 1. The number of carbonyl (C=O) groups is 2. The van der Waals surface area contributed by atoms with Crippen molar-refractivity contribution in [1.82, 2.24) is 10.2 Å². The third-order valence-electron chi connectivity index (χ3n) is 5.69. The summed E-state index contributed by atoms with van der Waals surface area (Å²) >= 11 is 0. The first-order valence-corrected chi connectivity index (χ1v) is 9.36. The Bertz CT molecular complexity index is 894. The largest absolute Gasteiger partial charge is 0.478 e. The fourth-order valence-corrected chi connectivity index (χ4v) is 4.25. The Kier molecular flexibility index (Phi) is 4.77. The molecule has 7 heteroatoms. The van der Waals surface area contributed by atoms with Crippen molar-refractivity contribution in [3.05, 3.63) is 65.5 Å². The summed E-state index contributed by atoms with van der Waals surface area (Å²) in [6.07, 6.45) is 1.31. The molecule has 0 aromatic heterocycles. The zero-order valence-electron chi connectivity index (χ0n) is 15.4. The summed E-state index contributed by atoms with van der Waals surface area (Å²) in [4.78, 5) is 28.7. The van der Waals surface area contributed by atoms with E-state index in [0.29, 0.717) is 25.1 Å². The second kappa shape index (κ2) is 7.24. The van der Waals surface area contributed by atoms with Crippen LogP contribution in [0.15, 0.2) is 48.5 Å². The van der Waals surface area contributed by atoms with E-state index in [9.17, 15) is 19.1 Å². The molecule has 2 aromatic carbocycles. The Morgan fingerprint density at radius 1 is 1.11 bits per heavy atom. The minimum absolute atomic E-state index is 0.00137. The van der Waals surface area contributed by atoms with Gasteiger partial charge in [0.25, 0.3) is 0 Å². The van der Waals surface area contributed by atoms with Crippen LogP contribution in [0.5, 0.6) is 0 Å². The van der Waals surface area contributed by atoms with Crippen LogP contribution in [0.1, 0.15) is 28.8 Å². The lowest BCUT2D eigenvalue weighted by atomic mass is 9.86. The highest BCUT2D eigenvalue weighted by atomic mass is 19.1. The van der Waals surface area contributed by atoms with Crippen molar-refractivity contribution in [2.45, 2.75) is 24.9 Å². The van der Waals surface area contributed by atoms with Gasteiger partial charge >= 0.3 is 5.97 Å². The van der Waals surface area contributed by atoms with Gasteiger partial charge in [-0.15, -0.1) is 0 Å². The van der Waals surface area contributed by atoms with Crippen LogP contribution in [0.4, 0.5) is 10.1 Å². The Morgan fingerprint density at radius 3 is 2.46 bits per heavy atom. The number of carbonyl (C=O) groups excluding carboxylic acids is 1. The summed E-state index contributed by atoms with van der Waals surface area (Å²) in [6.45, 7) is 2.03. The van der Waals surface area contributed by atoms with Crippen molar-refractivity contribution in [3.63, 3.8) is 0 Å². The predicted molar refractivity (Wildman–Crippen MR) is 103 cm³/mol. The molecule has 2 heterocycles. The predicted octanol–water partition coefficient (Wildman–Crippen LogP) is 2.45. The summed E-state index contributed by atoms with van der Waals surface area (Å²) in [5, 5.41) is 12.7. The molecule has 0 atom stereocenters. The molecule has 2 saturated heterocycles. The lowest BCUT2D eigenvalue weighted by Crippen LogP contribution is -2.55. The standard InChI is InChI=1S/C21H22FN3O3/c22-16-5-7-17(8-6-16)25-14-24(20(28)21(25)9-11-23-12-10-21)13-15-3-1-2-4-18(15)19(26)27/h1-8,23H,9-14H2,(H,26,27). The maximum atomic E-state index is 13.5. The molecule has 146 valence electrons. The van der Waals surface area contributed by atoms with Crippen LogP contribution in [0, 0.1) is 5.82 Å². The maximum Gasteiger partial charge on any atom is 0.336 e. The number of nitrogens with zero attached hydrogens (tertiary/aromatic N) is 2. The fourth-order valence-electron chi connectivity index (χ4n) is 4.25. The van der Waals surface area contributed by atoms with Gasteiger partial charge in [0, 0.05) is 12.2 Å². The van der Waals surface area contributed by atoms with Gasteiger partial charge in [0.05, 0.1) is 12.2 Å². The number of amides is 1. The van der Waals surface area contributed by atoms with Crippen LogP contribution in [-0.4, -0.2) is 47.2 Å². The van der Waals surface area contributed by atoms with E-state index in [1.165, 1.54) is 12.1 Å². The van der Waals surface area contributed by atoms with Gasteiger partial charge in [-0.3, -0.25) is 4.79 Å². The molecule has 6 nitrogen and oxygen atoms in total. The third kappa shape index (κ3) is 3.11. The highest BCUT2D eigenvalue weighted by Crippen LogP contribution is 2.38. The summed E-state index contributed by atoms with van der Waals surface area (Å²) in [5.41, 5.74) is 0.926. The minimum atomic E-state index is -1.01. The molecule has 2 N–H and O–H groups in total. The van der Waals surface area contributed by atoms with E-state index in [1.54, 1.807) is 41.3 Å². The minimum Gasteiger partial charge on any atom is -0.478 e. The Morgan fingerprint density at radius 2 is 1.79 bits per heavy atom. The Labute approximate surface area is 162 Å². The molecule has 1 spiro atoms. The number of hydrogen-bond acceptors (Lipinski definition) is 4. The van der Waals surface area contributed by atoms with Gasteiger partial charge in [0.15, 0.2) is 0 Å². The number of hydrogen-bond donors (Lipinski definition) is 2. The van der Waals surface area contributed by atoms with Gasteiger partial charge in [-0.1, -0.05) is 18.2 Å². The first-order valence-electron chi connectivity index (χ1n) is 9.36. The zero-order chi connectivity index (χ0) is 19.7. The van der Waals surface area contributed by atoms with E-state index in [2.05, 4.69) is 5.32 Å². The number of nitrogens with one attached hydrogen (secondary N) is 1. The molecule has 0 unspecified atom stereocenters. The molecular formula is C21H22FN3O3. The Balaban J connectivity index is 1.68. The monoisotopic (exact) mass is 383 g/mol. The number of halogens is 1. The average Bonchev–Trinajstić information content (AvgIpc) is 2.95. The smallest absolute Gasteiger partial charge is 0.336 e. The topological polar surface area (TPSA) is 72.9 Å². The van der Waals surface area contributed by atoms with Crippen LogP contribution in [-0.2, 0) is 11.3 Å². The number of piperidine rings is 1. The summed E-state index contributed by atoms with van der Waals surface area (Å²) in [7, 11) is 0. The van der Waals surface area contributed by atoms with Crippen molar-refractivity contribution in [2.75, 3.05) is 24.7 Å². The molecule has 2 aromatic rings. The highest BCUT2D eigenvalue weighted by molar-refractivity contribution is 5.94. The number of benzene rings is 2. The van der Waals surface area contributed by atoms with Crippen molar-refractivity contribution in [1.29, 1.82) is 0 Å². The van der Waals surface area contributed by atoms with E-state index in [0.717, 1.165) is 18.8 Å². The summed E-state index contributed by atoms with van der Waals surface area (Å²) in [5.74, 6) is -1.33. The van der Waals surface area contributed by atoms with E-state index >= 15 is 0 Å². The molecule has 28 heavy (non-hydrogen) atoms. The fraction of sp³-hybridized carbons (Fsp3) is 0.333. The quantitative estimate of drug-likeness (QED) is 0.849. The second-order valence-electron chi connectivity index (χ2n) is 7.29. The Hall–Kier alpha value is -2.93. The van der Waals surface area contributed by atoms with Gasteiger partial charge in [-0.25, -0.2) is 9.18 Å². The number of aromatic carboxylic acids is 1. The lowest BCUT2D eigenvalue weighted by Gasteiger charge is -2.40. The number of carboxylic acid groups (broad SMARTS) is 1. The molecule has 1 amide bonds. The van der Waals surface area contributed by atoms with Crippen LogP contribution in [0.3, 0.4) is 0 Å². The molecule has 0 bridgehead atoms. The SMILES string of the molecule is O=C(O)c1ccccc1CN1CN(c2ccc(F)cc2)C2(CCNCC2)C1=O. The van der Waals surface area contributed by atoms with E-state index < -0.39 is 11.5 Å². The number of rotatable bonds is 4. The molecule has 2 aliphatic rings. The third-order valence-corrected chi connectivity index (χ3v) is 5.69. The molecule has 0 radical (unpaired) electrons. The highest BCUT2D eigenvalue weighted by Gasteiger charge is 2.52. The summed E-state index contributed by atoms with van der Waals surface area (Å²) < 4.78 is 13.4. The molecule has 2 fully saturated rings. The first kappa shape index (κ1) is 18.4. The maximum absolute atomic E-state index is 13.5. The van der Waals surface area contributed by atoms with E-state index in [1.807, 2.05) is 4.90 Å². The van der Waals surface area contributed by atoms with Crippen LogP contribution in [0.2, 0.25) is 0 Å². The second-order valence-corrected chi connectivity index (χ2v) is 7.29. The average molecular weight is 383 g/mol. The molecule has 2 aliphatic heterocycles. The van der Waals surface area contributed by atoms with Crippen molar-refractivity contribution < 1.29 is 19.1 Å². The lowest BCUT2D eigenvalue weighted by molar-refractivity contribution is -0.133. The molecule has 4 rings (SSSR count). The van der Waals surface area contributed by atoms with Crippen molar-refractivity contribution in [2.24, 2.45) is 0 Å². The van der Waals surface area contributed by atoms with Crippen molar-refractivity contribution >= 4 is 17.6 Å². The number of anilines is 1. The van der Waals surface area contributed by atoms with Gasteiger partial charge < -0.3 is 20.2 Å². The first-order chi connectivity index (χ1) is 13.5. The molecular weight excluding hydrogens is 361 g/mol.